The second-order valence-electron chi connectivity index (χ2n) is 5.39. The maximum absolute atomic E-state index is 13.1. The van der Waals surface area contributed by atoms with E-state index >= 15 is 0 Å². The number of nitrogens with one attached hydrogen (secondary N) is 3. The summed E-state index contributed by atoms with van der Waals surface area (Å²) in [5.74, 6) is -0.777. The van der Waals surface area contributed by atoms with Gasteiger partial charge in [0.15, 0.2) is 11.3 Å². The van der Waals surface area contributed by atoms with Gasteiger partial charge in [0, 0.05) is 16.1 Å². The summed E-state index contributed by atoms with van der Waals surface area (Å²) in [5.41, 5.74) is -4.87. The number of aromatic nitrogens is 3. The highest BCUT2D eigenvalue weighted by molar-refractivity contribution is 6.31. The lowest BCUT2D eigenvalue weighted by atomic mass is 10.2. The van der Waals surface area contributed by atoms with Crippen molar-refractivity contribution in [2.45, 2.75) is 13.1 Å². The van der Waals surface area contributed by atoms with Crippen LogP contribution in [0.4, 0.5) is 18.9 Å². The number of anilines is 1. The molecule has 1 aromatic carbocycles. The van der Waals surface area contributed by atoms with E-state index in [0.717, 1.165) is 6.92 Å². The number of fused-ring (bicyclic) bond motifs is 1. The van der Waals surface area contributed by atoms with Gasteiger partial charge in [-0.15, -0.1) is 0 Å². The van der Waals surface area contributed by atoms with Crippen molar-refractivity contribution in [1.82, 2.24) is 14.6 Å². The first-order chi connectivity index (χ1) is 12.1. The van der Waals surface area contributed by atoms with Crippen molar-refractivity contribution in [3.63, 3.8) is 0 Å². The molecule has 0 fully saturated rings. The molecule has 2 aromatic heterocycles. The Morgan fingerprint density at radius 1 is 1.27 bits per heavy atom. The van der Waals surface area contributed by atoms with Gasteiger partial charge in [0.1, 0.15) is 5.69 Å². The van der Waals surface area contributed by atoms with Gasteiger partial charge in [-0.1, -0.05) is 17.7 Å². The van der Waals surface area contributed by atoms with Gasteiger partial charge < -0.3 is 10.3 Å². The molecule has 26 heavy (non-hydrogen) atoms. The fraction of sp³-hybridized carbons (Fsp3) is 0.133. The standard InChI is InChI=1S/C15H10ClF3N4O3/c1-6-10(15(17,18)19)21-11-9(13(25)22-23(11)14(6)26)20-12(24)7-3-2-4-8(16)5-7/h2-5,21H,1H3,(H,20,24)(H,22,25). The molecule has 0 atom stereocenters. The third-order valence-electron chi connectivity index (χ3n) is 3.65. The number of rotatable bonds is 2. The van der Waals surface area contributed by atoms with E-state index in [4.69, 9.17) is 11.6 Å². The van der Waals surface area contributed by atoms with Crippen LogP contribution in [-0.2, 0) is 6.18 Å². The summed E-state index contributed by atoms with van der Waals surface area (Å²) in [4.78, 5) is 38.4. The number of aromatic amines is 2. The molecule has 0 aliphatic rings. The molecule has 3 aromatic rings. The lowest BCUT2D eigenvalue weighted by Crippen LogP contribution is -2.25. The van der Waals surface area contributed by atoms with Crippen molar-refractivity contribution >= 4 is 28.8 Å². The number of amides is 1. The molecular formula is C15H10ClF3N4O3. The first-order valence-electron chi connectivity index (χ1n) is 7.11. The summed E-state index contributed by atoms with van der Waals surface area (Å²) in [6.07, 6.45) is -4.84. The van der Waals surface area contributed by atoms with Gasteiger partial charge in [0.2, 0.25) is 0 Å². The number of halogens is 4. The molecule has 0 aliphatic carbocycles. The van der Waals surface area contributed by atoms with E-state index in [1.807, 2.05) is 4.98 Å². The highest BCUT2D eigenvalue weighted by atomic mass is 35.5. The molecular weight excluding hydrogens is 377 g/mol. The Labute approximate surface area is 147 Å². The molecule has 136 valence electrons. The summed E-state index contributed by atoms with van der Waals surface area (Å²) in [6.45, 7) is 0.976. The molecule has 0 radical (unpaired) electrons. The van der Waals surface area contributed by atoms with Gasteiger partial charge in [-0.05, 0) is 25.1 Å². The number of benzene rings is 1. The Kier molecular flexibility index (Phi) is 4.15. The van der Waals surface area contributed by atoms with Crippen molar-refractivity contribution in [2.24, 2.45) is 0 Å². The van der Waals surface area contributed by atoms with E-state index < -0.39 is 45.8 Å². The Balaban J connectivity index is 2.16. The lowest BCUT2D eigenvalue weighted by Gasteiger charge is -2.11. The minimum atomic E-state index is -4.84. The Morgan fingerprint density at radius 3 is 2.58 bits per heavy atom. The molecule has 0 aliphatic heterocycles. The minimum Gasteiger partial charge on any atom is -0.334 e. The average Bonchev–Trinajstić information content (AvgIpc) is 2.86. The molecule has 0 saturated carbocycles. The van der Waals surface area contributed by atoms with Gasteiger partial charge in [-0.3, -0.25) is 19.5 Å². The van der Waals surface area contributed by atoms with E-state index in [2.05, 4.69) is 10.4 Å². The van der Waals surface area contributed by atoms with E-state index in [1.54, 1.807) is 0 Å². The third-order valence-corrected chi connectivity index (χ3v) is 3.89. The quantitative estimate of drug-likeness (QED) is 0.631. The van der Waals surface area contributed by atoms with Gasteiger partial charge >= 0.3 is 6.18 Å². The summed E-state index contributed by atoms with van der Waals surface area (Å²) < 4.78 is 39.9. The lowest BCUT2D eigenvalue weighted by molar-refractivity contribution is -0.141. The predicted molar refractivity (Wildman–Crippen MR) is 87.8 cm³/mol. The van der Waals surface area contributed by atoms with Gasteiger partial charge in [-0.25, -0.2) is 0 Å². The van der Waals surface area contributed by atoms with Crippen molar-refractivity contribution in [1.29, 1.82) is 0 Å². The molecule has 0 bridgehead atoms. The van der Waals surface area contributed by atoms with Crippen LogP contribution in [-0.4, -0.2) is 20.5 Å². The maximum atomic E-state index is 13.1. The smallest absolute Gasteiger partial charge is 0.334 e. The van der Waals surface area contributed by atoms with E-state index in [1.165, 1.54) is 24.3 Å². The number of alkyl halides is 3. The van der Waals surface area contributed by atoms with Crippen LogP contribution in [0.25, 0.3) is 5.65 Å². The molecule has 1 amide bonds. The van der Waals surface area contributed by atoms with E-state index in [9.17, 15) is 27.6 Å². The first kappa shape index (κ1) is 17.8. The second-order valence-corrected chi connectivity index (χ2v) is 5.83. The number of hydrogen-bond donors (Lipinski definition) is 3. The fourth-order valence-electron chi connectivity index (χ4n) is 2.41. The van der Waals surface area contributed by atoms with Crippen LogP contribution < -0.4 is 16.4 Å². The van der Waals surface area contributed by atoms with E-state index in [-0.39, 0.29) is 10.6 Å². The zero-order valence-electron chi connectivity index (χ0n) is 13.0. The average molecular weight is 387 g/mol. The van der Waals surface area contributed by atoms with Crippen molar-refractivity contribution in [3.8, 4) is 0 Å². The highest BCUT2D eigenvalue weighted by Gasteiger charge is 2.36. The van der Waals surface area contributed by atoms with Crippen LogP contribution in [0.3, 0.4) is 0 Å². The minimum absolute atomic E-state index is 0.0850. The normalized spacial score (nSPS) is 11.7. The highest BCUT2D eigenvalue weighted by Crippen LogP contribution is 2.29. The number of H-pyrrole nitrogens is 2. The third kappa shape index (κ3) is 2.99. The molecule has 0 unspecified atom stereocenters. The Morgan fingerprint density at radius 2 is 1.96 bits per heavy atom. The topological polar surface area (TPSA) is 99.2 Å². The van der Waals surface area contributed by atoms with Crippen molar-refractivity contribution in [2.75, 3.05) is 5.32 Å². The zero-order valence-corrected chi connectivity index (χ0v) is 13.7. The summed E-state index contributed by atoms with van der Waals surface area (Å²) in [5, 5.41) is 4.56. The Hall–Kier alpha value is -3.01. The summed E-state index contributed by atoms with van der Waals surface area (Å²) in [6, 6.07) is 5.74. The molecule has 0 spiro atoms. The zero-order chi connectivity index (χ0) is 19.2. The van der Waals surface area contributed by atoms with Crippen LogP contribution in [0, 0.1) is 6.92 Å². The number of nitrogens with zero attached hydrogens (tertiary/aromatic N) is 1. The molecule has 0 saturated heterocycles. The second kappa shape index (κ2) is 6.06. The molecule has 11 heteroatoms. The van der Waals surface area contributed by atoms with Crippen LogP contribution in [0.2, 0.25) is 5.02 Å². The summed E-state index contributed by atoms with van der Waals surface area (Å²) in [7, 11) is 0. The molecule has 7 nitrogen and oxygen atoms in total. The SMILES string of the molecule is Cc1c(C(F)(F)F)[nH]c2c(NC(=O)c3cccc(Cl)c3)c(=O)[nH]n2c1=O. The van der Waals surface area contributed by atoms with Crippen molar-refractivity contribution in [3.05, 3.63) is 66.8 Å². The number of carbonyl (C=O) groups is 1. The first-order valence-corrected chi connectivity index (χ1v) is 7.49. The monoisotopic (exact) mass is 386 g/mol. The van der Waals surface area contributed by atoms with Gasteiger partial charge in [0.25, 0.3) is 17.0 Å². The predicted octanol–water partition coefficient (Wildman–Crippen LogP) is 2.55. The number of hydrogen-bond acceptors (Lipinski definition) is 3. The maximum Gasteiger partial charge on any atom is 0.431 e. The van der Waals surface area contributed by atoms with Gasteiger partial charge in [0.05, 0.1) is 0 Å². The molecule has 3 rings (SSSR count). The van der Waals surface area contributed by atoms with E-state index in [0.29, 0.717) is 4.52 Å². The van der Waals surface area contributed by atoms with Crippen LogP contribution in [0.1, 0.15) is 21.6 Å². The largest absolute Gasteiger partial charge is 0.431 e. The van der Waals surface area contributed by atoms with Crippen LogP contribution >= 0.6 is 11.6 Å². The number of carbonyl (C=O) groups excluding carboxylic acids is 1. The van der Waals surface area contributed by atoms with Gasteiger partial charge in [-0.2, -0.15) is 17.7 Å². The summed E-state index contributed by atoms with van der Waals surface area (Å²) >= 11 is 5.78. The van der Waals surface area contributed by atoms with Crippen molar-refractivity contribution < 1.29 is 18.0 Å². The molecule has 3 N–H and O–H groups in total. The fourth-order valence-corrected chi connectivity index (χ4v) is 2.60. The van der Waals surface area contributed by atoms with Crippen LogP contribution in [0.15, 0.2) is 33.9 Å². The Bertz CT molecular complexity index is 1140. The molecule has 2 heterocycles. The van der Waals surface area contributed by atoms with Crippen LogP contribution in [0.5, 0.6) is 0 Å².